The number of carbonyl (C=O) groups is 3. The van der Waals surface area contributed by atoms with E-state index in [1.54, 1.807) is 14.0 Å². The van der Waals surface area contributed by atoms with Crippen LogP contribution in [0.2, 0.25) is 0 Å². The Morgan fingerprint density at radius 2 is 1.24 bits per heavy atom. The minimum Gasteiger partial charge on any atom is -0.481 e. The summed E-state index contributed by atoms with van der Waals surface area (Å²) in [7, 11) is 3.59. The fourth-order valence-corrected chi connectivity index (χ4v) is 0.751. The molecule has 0 aromatic heterocycles. The minimum absolute atomic E-state index is 0.146. The zero-order valence-electron chi connectivity index (χ0n) is 17.4. The summed E-state index contributed by atoms with van der Waals surface area (Å²) >= 11 is 0. The number of hydrogen-bond donors (Lipinski definition) is 5. The Balaban J connectivity index is -0.0000000767. The van der Waals surface area contributed by atoms with Crippen molar-refractivity contribution in [3.05, 3.63) is 0 Å². The van der Waals surface area contributed by atoms with Crippen LogP contribution in [0.3, 0.4) is 0 Å². The number of rotatable bonds is 8. The van der Waals surface area contributed by atoms with Gasteiger partial charge in [-0.05, 0) is 27.1 Å². The van der Waals surface area contributed by atoms with Crippen molar-refractivity contribution in [2.75, 3.05) is 33.7 Å². The second-order valence-electron chi connectivity index (χ2n) is 3.91. The van der Waals surface area contributed by atoms with Gasteiger partial charge in [-0.2, -0.15) is 0 Å². The minimum atomic E-state index is -1.04. The number of unbranched alkanes of at least 4 members (excludes halogenated alkanes) is 1. The molecule has 25 heavy (non-hydrogen) atoms. The lowest BCUT2D eigenvalue weighted by atomic mass is 10.3. The third-order valence-electron chi connectivity index (χ3n) is 1.86. The molecule has 0 radical (unpaired) electrons. The van der Waals surface area contributed by atoms with Gasteiger partial charge in [-0.1, -0.05) is 48.0 Å². The molecule has 0 bridgehead atoms. The third-order valence-corrected chi connectivity index (χ3v) is 1.86. The second-order valence-corrected chi connectivity index (χ2v) is 3.91. The number of carboxylic acid groups (broad SMARTS) is 2. The highest BCUT2D eigenvalue weighted by Crippen LogP contribution is 1.79. The lowest BCUT2D eigenvalue weighted by molar-refractivity contribution is -0.138. The predicted octanol–water partition coefficient (Wildman–Crippen LogP) is 1.95. The highest BCUT2D eigenvalue weighted by atomic mass is 16.4. The van der Waals surface area contributed by atoms with Crippen molar-refractivity contribution >= 4 is 17.8 Å². The first-order valence-electron chi connectivity index (χ1n) is 8.85. The van der Waals surface area contributed by atoms with Gasteiger partial charge in [0, 0.05) is 6.42 Å². The fraction of sp³-hybridized carbons (Fsp3) is 0.824. The summed E-state index contributed by atoms with van der Waals surface area (Å²) in [5.74, 6) is -2.10. The van der Waals surface area contributed by atoms with Crippen LogP contribution >= 0.6 is 0 Å². The van der Waals surface area contributed by atoms with E-state index in [2.05, 4.69) is 22.9 Å². The van der Waals surface area contributed by atoms with Crippen LogP contribution in [0.15, 0.2) is 0 Å². The molecule has 0 unspecified atom stereocenters. The van der Waals surface area contributed by atoms with Crippen LogP contribution in [0.5, 0.6) is 0 Å². The van der Waals surface area contributed by atoms with E-state index >= 15 is 0 Å². The molecule has 0 saturated carbocycles. The van der Waals surface area contributed by atoms with E-state index in [-0.39, 0.29) is 25.4 Å². The van der Waals surface area contributed by atoms with Crippen LogP contribution in [0.4, 0.5) is 0 Å². The highest BCUT2D eigenvalue weighted by molar-refractivity contribution is 5.82. The number of nitrogens with one attached hydrogen (secondary N) is 3. The summed E-state index contributed by atoms with van der Waals surface area (Å²) in [5.41, 5.74) is 0. The van der Waals surface area contributed by atoms with E-state index < -0.39 is 11.9 Å². The maximum atomic E-state index is 10.5. The van der Waals surface area contributed by atoms with E-state index in [4.69, 9.17) is 10.2 Å². The Labute approximate surface area is 153 Å². The number of amides is 1. The van der Waals surface area contributed by atoms with E-state index in [0.717, 1.165) is 6.54 Å². The monoisotopic (exact) mass is 367 g/mol. The molecule has 8 nitrogen and oxygen atoms in total. The van der Waals surface area contributed by atoms with Gasteiger partial charge in [0.25, 0.3) is 0 Å². The van der Waals surface area contributed by atoms with Crippen LogP contribution in [-0.2, 0) is 14.4 Å². The Bertz CT molecular complexity index is 271. The first-order valence-corrected chi connectivity index (χ1v) is 8.85. The first-order chi connectivity index (χ1) is 11.8. The molecule has 0 aliphatic heterocycles. The zero-order chi connectivity index (χ0) is 21.1. The highest BCUT2D eigenvalue weighted by Gasteiger charge is 2.00. The van der Waals surface area contributed by atoms with Crippen molar-refractivity contribution in [1.29, 1.82) is 0 Å². The van der Waals surface area contributed by atoms with E-state index in [0.29, 0.717) is 0 Å². The molecule has 0 fully saturated rings. The van der Waals surface area contributed by atoms with Gasteiger partial charge in [0.05, 0.1) is 6.54 Å². The summed E-state index contributed by atoms with van der Waals surface area (Å²) in [4.78, 5) is 29.8. The van der Waals surface area contributed by atoms with Crippen molar-refractivity contribution in [3.8, 4) is 0 Å². The third kappa shape index (κ3) is 71.9. The molecule has 0 heterocycles. The van der Waals surface area contributed by atoms with Crippen molar-refractivity contribution in [1.82, 2.24) is 16.0 Å². The fourth-order valence-electron chi connectivity index (χ4n) is 0.751. The molecule has 5 N–H and O–H groups in total. The Hall–Kier alpha value is -1.67. The molecule has 0 spiro atoms. The van der Waals surface area contributed by atoms with E-state index in [1.165, 1.54) is 12.8 Å². The lowest BCUT2D eigenvalue weighted by Crippen LogP contribution is -2.35. The smallest absolute Gasteiger partial charge is 0.322 e. The van der Waals surface area contributed by atoms with Gasteiger partial charge in [0.2, 0.25) is 5.91 Å². The number of aliphatic carboxylic acids is 2. The molecular weight excluding hydrogens is 326 g/mol. The largest absolute Gasteiger partial charge is 0.481 e. The summed E-state index contributed by atoms with van der Waals surface area (Å²) in [5, 5.41) is 23.7. The van der Waals surface area contributed by atoms with E-state index in [9.17, 15) is 14.4 Å². The SMILES string of the molecule is CC.CC.CCC(=O)O.CCCCNC.CNCC(=O)NCC(=O)O. The summed E-state index contributed by atoms with van der Waals surface area (Å²) in [6.45, 7) is 12.8. The molecular formula is C17H41N3O5. The number of carbonyl (C=O) groups excluding carboxylic acids is 1. The van der Waals surface area contributed by atoms with Crippen LogP contribution in [0.25, 0.3) is 0 Å². The maximum absolute atomic E-state index is 10.5. The van der Waals surface area contributed by atoms with Crippen LogP contribution in [-0.4, -0.2) is 61.8 Å². The van der Waals surface area contributed by atoms with Crippen LogP contribution < -0.4 is 16.0 Å². The standard InChI is InChI=1S/C5H10N2O3.C5H13N.C3H6O2.2C2H6/c1-6-2-4(8)7-3-5(9)10;1-3-4-5-6-2;1-2-3(4)5;2*1-2/h6H,2-3H2,1H3,(H,7,8)(H,9,10);6H,3-5H2,1-2H3;2H2,1H3,(H,4,5);2*1-2H3. The van der Waals surface area contributed by atoms with Gasteiger partial charge in [0.15, 0.2) is 0 Å². The normalized spacial score (nSPS) is 7.68. The molecule has 154 valence electrons. The molecule has 8 heteroatoms. The first kappa shape index (κ1) is 34.6. The van der Waals surface area contributed by atoms with Crippen molar-refractivity contribution < 1.29 is 24.6 Å². The predicted molar refractivity (Wildman–Crippen MR) is 104 cm³/mol. The van der Waals surface area contributed by atoms with Crippen molar-refractivity contribution in [2.24, 2.45) is 0 Å². The van der Waals surface area contributed by atoms with Gasteiger partial charge in [0.1, 0.15) is 6.54 Å². The zero-order valence-corrected chi connectivity index (χ0v) is 17.4. The molecule has 0 aromatic rings. The number of carboxylic acids is 2. The number of likely N-dealkylation sites (N-methyl/N-ethyl adjacent to an activating group) is 1. The molecule has 0 rings (SSSR count). The summed E-state index contributed by atoms with van der Waals surface area (Å²) in [6.07, 6.45) is 2.82. The van der Waals surface area contributed by atoms with Gasteiger partial charge >= 0.3 is 11.9 Å². The Kier molecular flexibility index (Phi) is 52.8. The summed E-state index contributed by atoms with van der Waals surface area (Å²) < 4.78 is 0. The molecule has 0 aromatic carbocycles. The van der Waals surface area contributed by atoms with Crippen LogP contribution in [0.1, 0.15) is 60.8 Å². The molecule has 0 atom stereocenters. The molecule has 1 amide bonds. The average Bonchev–Trinajstić information content (AvgIpc) is 2.63. The Morgan fingerprint density at radius 1 is 0.800 bits per heavy atom. The molecule has 0 aliphatic carbocycles. The maximum Gasteiger partial charge on any atom is 0.322 e. The van der Waals surface area contributed by atoms with Crippen molar-refractivity contribution in [3.63, 3.8) is 0 Å². The lowest BCUT2D eigenvalue weighted by Gasteiger charge is -1.99. The van der Waals surface area contributed by atoms with Gasteiger partial charge in [-0.3, -0.25) is 14.4 Å². The topological polar surface area (TPSA) is 128 Å². The van der Waals surface area contributed by atoms with Gasteiger partial charge < -0.3 is 26.2 Å². The van der Waals surface area contributed by atoms with Gasteiger partial charge in [-0.25, -0.2) is 0 Å². The van der Waals surface area contributed by atoms with Gasteiger partial charge in [-0.15, -0.1) is 0 Å². The number of hydrogen-bond acceptors (Lipinski definition) is 5. The summed E-state index contributed by atoms with van der Waals surface area (Å²) in [6, 6.07) is 0. The van der Waals surface area contributed by atoms with Crippen molar-refractivity contribution in [2.45, 2.75) is 60.8 Å². The quantitative estimate of drug-likeness (QED) is 0.415. The average molecular weight is 368 g/mol. The van der Waals surface area contributed by atoms with E-state index in [1.807, 2.05) is 34.7 Å². The molecule has 0 saturated heterocycles. The Morgan fingerprint density at radius 3 is 1.44 bits per heavy atom. The second kappa shape index (κ2) is 38.1. The van der Waals surface area contributed by atoms with Crippen LogP contribution in [0, 0.1) is 0 Å². The molecule has 0 aliphatic rings.